The Hall–Kier alpha value is -2.71. The molecule has 21 heavy (non-hydrogen) atoms. The summed E-state index contributed by atoms with van der Waals surface area (Å²) in [5, 5.41) is 23.3. The van der Waals surface area contributed by atoms with Gasteiger partial charge in [-0.25, -0.2) is 9.48 Å². The quantitative estimate of drug-likeness (QED) is 0.768. The molecular formula is C12H16N6O3. The molecule has 0 aliphatic carbocycles. The van der Waals surface area contributed by atoms with E-state index in [1.54, 1.807) is 13.2 Å². The Morgan fingerprint density at radius 3 is 2.76 bits per heavy atom. The molecule has 0 radical (unpaired) electrons. The zero-order chi connectivity index (χ0) is 15.4. The lowest BCUT2D eigenvalue weighted by atomic mass is 10.2. The highest BCUT2D eigenvalue weighted by molar-refractivity contribution is 5.92. The van der Waals surface area contributed by atoms with Crippen molar-refractivity contribution in [3.63, 3.8) is 0 Å². The number of hydrogen-bond acceptors (Lipinski definition) is 5. The van der Waals surface area contributed by atoms with Gasteiger partial charge < -0.3 is 10.4 Å². The van der Waals surface area contributed by atoms with Gasteiger partial charge in [0.25, 0.3) is 0 Å². The molecular weight excluding hydrogens is 276 g/mol. The third-order valence-electron chi connectivity index (χ3n) is 2.78. The molecule has 2 aromatic rings. The van der Waals surface area contributed by atoms with Crippen LogP contribution in [-0.4, -0.2) is 48.3 Å². The van der Waals surface area contributed by atoms with Crippen molar-refractivity contribution >= 4 is 11.9 Å². The van der Waals surface area contributed by atoms with Crippen LogP contribution in [0.3, 0.4) is 0 Å². The topological polar surface area (TPSA) is 115 Å². The number of aromatic nitrogens is 5. The third-order valence-corrected chi connectivity index (χ3v) is 2.78. The Balaban J connectivity index is 2.34. The monoisotopic (exact) mass is 292 g/mol. The van der Waals surface area contributed by atoms with Gasteiger partial charge in [0.15, 0.2) is 5.69 Å². The van der Waals surface area contributed by atoms with Gasteiger partial charge in [-0.1, -0.05) is 12.1 Å². The molecule has 2 N–H and O–H groups in total. The maximum absolute atomic E-state index is 11.8. The zero-order valence-corrected chi connectivity index (χ0v) is 11.8. The van der Waals surface area contributed by atoms with Crippen LogP contribution in [0.2, 0.25) is 0 Å². The highest BCUT2D eigenvalue weighted by Crippen LogP contribution is 2.21. The van der Waals surface area contributed by atoms with E-state index < -0.39 is 5.97 Å². The van der Waals surface area contributed by atoms with Gasteiger partial charge in [-0.3, -0.25) is 9.48 Å². The normalized spacial score (nSPS) is 10.6. The van der Waals surface area contributed by atoms with E-state index in [-0.39, 0.29) is 23.8 Å². The maximum Gasteiger partial charge on any atom is 0.358 e. The number of carbonyl (C=O) groups excluding carboxylic acids is 1. The molecule has 0 unspecified atom stereocenters. The van der Waals surface area contributed by atoms with Gasteiger partial charge in [0.2, 0.25) is 5.91 Å². The van der Waals surface area contributed by atoms with Gasteiger partial charge >= 0.3 is 5.97 Å². The van der Waals surface area contributed by atoms with E-state index in [0.717, 1.165) is 6.42 Å². The molecule has 2 heterocycles. The summed E-state index contributed by atoms with van der Waals surface area (Å²) in [6, 6.07) is 0. The molecule has 0 saturated carbocycles. The average molecular weight is 292 g/mol. The number of carboxylic acids is 1. The lowest BCUT2D eigenvalue weighted by Gasteiger charge is -2.06. The van der Waals surface area contributed by atoms with Crippen LogP contribution >= 0.6 is 0 Å². The summed E-state index contributed by atoms with van der Waals surface area (Å²) < 4.78 is 2.81. The highest BCUT2D eigenvalue weighted by Gasteiger charge is 2.22. The van der Waals surface area contributed by atoms with E-state index in [1.165, 1.54) is 15.6 Å². The molecule has 2 aromatic heterocycles. The Bertz CT molecular complexity index is 660. The summed E-state index contributed by atoms with van der Waals surface area (Å²) in [5.41, 5.74) is 0.608. The van der Waals surface area contributed by atoms with E-state index >= 15 is 0 Å². The first-order chi connectivity index (χ1) is 10.0. The summed E-state index contributed by atoms with van der Waals surface area (Å²) >= 11 is 0. The predicted octanol–water partition coefficient (Wildman–Crippen LogP) is -0.0970. The minimum Gasteiger partial charge on any atom is -0.476 e. The van der Waals surface area contributed by atoms with Gasteiger partial charge in [-0.15, -0.1) is 5.10 Å². The van der Waals surface area contributed by atoms with Crippen molar-refractivity contribution < 1.29 is 14.7 Å². The van der Waals surface area contributed by atoms with Crippen molar-refractivity contribution in [1.29, 1.82) is 0 Å². The third kappa shape index (κ3) is 3.25. The Morgan fingerprint density at radius 2 is 2.19 bits per heavy atom. The number of aromatic carboxylic acids is 1. The summed E-state index contributed by atoms with van der Waals surface area (Å²) in [6.45, 7) is 2.41. The summed E-state index contributed by atoms with van der Waals surface area (Å²) in [4.78, 5) is 23.0. The number of nitrogens with one attached hydrogen (secondary N) is 1. The largest absolute Gasteiger partial charge is 0.476 e. The second-order valence-corrected chi connectivity index (χ2v) is 4.50. The standard InChI is InChI=1S/C12H16N6O3/c1-3-4-13-9(19)7-18-11(8-5-14-17(2)6-8)10(12(20)21)15-16-18/h5-6H,3-4,7H2,1-2H3,(H,13,19)(H,20,21). The molecule has 2 rings (SSSR count). The van der Waals surface area contributed by atoms with Crippen LogP contribution in [-0.2, 0) is 18.4 Å². The van der Waals surface area contributed by atoms with E-state index in [1.807, 2.05) is 6.92 Å². The SMILES string of the molecule is CCCNC(=O)Cn1nnc(C(=O)O)c1-c1cnn(C)c1. The summed E-state index contributed by atoms with van der Waals surface area (Å²) in [6.07, 6.45) is 3.97. The molecule has 0 bridgehead atoms. The summed E-state index contributed by atoms with van der Waals surface area (Å²) in [5.74, 6) is -1.45. The molecule has 0 spiro atoms. The van der Waals surface area contributed by atoms with E-state index in [0.29, 0.717) is 12.1 Å². The van der Waals surface area contributed by atoms with Crippen molar-refractivity contribution in [1.82, 2.24) is 30.1 Å². The van der Waals surface area contributed by atoms with Crippen LogP contribution < -0.4 is 5.32 Å². The lowest BCUT2D eigenvalue weighted by molar-refractivity contribution is -0.121. The van der Waals surface area contributed by atoms with Gasteiger partial charge in [0.05, 0.1) is 6.20 Å². The minimum absolute atomic E-state index is 0.0928. The average Bonchev–Trinajstić information content (AvgIpc) is 3.02. The van der Waals surface area contributed by atoms with E-state index in [4.69, 9.17) is 0 Å². The van der Waals surface area contributed by atoms with Gasteiger partial charge in [0.1, 0.15) is 12.2 Å². The predicted molar refractivity (Wildman–Crippen MR) is 72.5 cm³/mol. The van der Waals surface area contributed by atoms with Gasteiger partial charge in [-0.05, 0) is 6.42 Å². The zero-order valence-electron chi connectivity index (χ0n) is 11.8. The van der Waals surface area contributed by atoms with E-state index in [2.05, 4.69) is 20.7 Å². The Labute approximate surface area is 120 Å². The highest BCUT2D eigenvalue weighted by atomic mass is 16.4. The smallest absolute Gasteiger partial charge is 0.358 e. The molecule has 0 aliphatic rings. The van der Waals surface area contributed by atoms with Crippen molar-refractivity contribution in [2.24, 2.45) is 7.05 Å². The summed E-state index contributed by atoms with van der Waals surface area (Å²) in [7, 11) is 1.71. The first kappa shape index (κ1) is 14.7. The fourth-order valence-electron chi connectivity index (χ4n) is 1.85. The molecule has 9 heteroatoms. The number of amides is 1. The fraction of sp³-hybridized carbons (Fsp3) is 0.417. The number of aryl methyl sites for hydroxylation is 1. The van der Waals surface area contributed by atoms with Crippen LogP contribution in [0.25, 0.3) is 11.3 Å². The van der Waals surface area contributed by atoms with Gasteiger partial charge in [-0.2, -0.15) is 5.10 Å². The van der Waals surface area contributed by atoms with Crippen molar-refractivity contribution in [2.45, 2.75) is 19.9 Å². The van der Waals surface area contributed by atoms with Crippen LogP contribution in [0.4, 0.5) is 0 Å². The van der Waals surface area contributed by atoms with Gasteiger partial charge in [0, 0.05) is 25.4 Å². The van der Waals surface area contributed by atoms with Crippen LogP contribution in [0, 0.1) is 0 Å². The first-order valence-corrected chi connectivity index (χ1v) is 6.45. The second-order valence-electron chi connectivity index (χ2n) is 4.50. The molecule has 0 saturated heterocycles. The molecule has 0 atom stereocenters. The number of carbonyl (C=O) groups is 2. The fourth-order valence-corrected chi connectivity index (χ4v) is 1.85. The molecule has 0 fully saturated rings. The van der Waals surface area contributed by atoms with Crippen LogP contribution in [0.1, 0.15) is 23.8 Å². The Morgan fingerprint density at radius 1 is 1.43 bits per heavy atom. The van der Waals surface area contributed by atoms with Crippen molar-refractivity contribution in [3.05, 3.63) is 18.1 Å². The maximum atomic E-state index is 11.8. The molecule has 112 valence electrons. The number of carboxylic acid groups (broad SMARTS) is 1. The molecule has 9 nitrogen and oxygen atoms in total. The van der Waals surface area contributed by atoms with Crippen molar-refractivity contribution in [2.75, 3.05) is 6.54 Å². The number of nitrogens with zero attached hydrogens (tertiary/aromatic N) is 5. The number of rotatable bonds is 6. The lowest BCUT2D eigenvalue weighted by Crippen LogP contribution is -2.28. The minimum atomic E-state index is -1.20. The van der Waals surface area contributed by atoms with Crippen LogP contribution in [0.5, 0.6) is 0 Å². The molecule has 0 aromatic carbocycles. The van der Waals surface area contributed by atoms with Crippen LogP contribution in [0.15, 0.2) is 12.4 Å². The molecule has 1 amide bonds. The van der Waals surface area contributed by atoms with E-state index in [9.17, 15) is 14.7 Å². The second kappa shape index (κ2) is 6.16. The first-order valence-electron chi connectivity index (χ1n) is 6.45. The Kier molecular flexibility index (Phi) is 4.31. The van der Waals surface area contributed by atoms with Crippen molar-refractivity contribution in [3.8, 4) is 11.3 Å². The molecule has 0 aliphatic heterocycles. The number of hydrogen-bond donors (Lipinski definition) is 2.